The van der Waals surface area contributed by atoms with Crippen molar-refractivity contribution in [3.63, 3.8) is 0 Å². The van der Waals surface area contributed by atoms with Gasteiger partial charge in [0, 0.05) is 5.57 Å². The van der Waals surface area contributed by atoms with E-state index in [9.17, 15) is 4.79 Å². The van der Waals surface area contributed by atoms with E-state index in [0.29, 0.717) is 5.57 Å². The molecule has 17 heavy (non-hydrogen) atoms. The standard InChI is InChI=1S/C15H19NO/c1-4-9-12(3)15(17)16-14(5-2)13-10-7-6-8-11-13/h4,6-11,14H,1,5H2,2-3H3,(H,16,17). The zero-order valence-electron chi connectivity index (χ0n) is 10.4. The molecule has 2 heteroatoms. The van der Waals surface area contributed by atoms with Crippen LogP contribution in [0.5, 0.6) is 0 Å². The van der Waals surface area contributed by atoms with E-state index in [1.807, 2.05) is 30.3 Å². The van der Waals surface area contributed by atoms with Crippen LogP contribution in [-0.4, -0.2) is 5.91 Å². The van der Waals surface area contributed by atoms with Gasteiger partial charge in [-0.15, -0.1) is 0 Å². The Bertz CT molecular complexity index is 406. The van der Waals surface area contributed by atoms with Crippen LogP contribution in [0.25, 0.3) is 0 Å². The maximum atomic E-state index is 11.8. The Labute approximate surface area is 103 Å². The van der Waals surface area contributed by atoms with Gasteiger partial charge in [-0.2, -0.15) is 0 Å². The van der Waals surface area contributed by atoms with Gasteiger partial charge in [-0.1, -0.05) is 56.0 Å². The predicted octanol–water partition coefficient (Wildman–Crippen LogP) is 3.39. The second kappa shape index (κ2) is 6.69. The summed E-state index contributed by atoms with van der Waals surface area (Å²) in [6, 6.07) is 10.1. The molecular weight excluding hydrogens is 210 g/mol. The minimum Gasteiger partial charge on any atom is -0.346 e. The first-order chi connectivity index (χ1) is 8.19. The molecule has 0 saturated heterocycles. The van der Waals surface area contributed by atoms with Gasteiger partial charge in [0.2, 0.25) is 5.91 Å². The number of hydrogen-bond donors (Lipinski definition) is 1. The Morgan fingerprint density at radius 1 is 1.41 bits per heavy atom. The predicted molar refractivity (Wildman–Crippen MR) is 71.6 cm³/mol. The third-order valence-electron chi connectivity index (χ3n) is 2.64. The summed E-state index contributed by atoms with van der Waals surface area (Å²) < 4.78 is 0. The largest absolute Gasteiger partial charge is 0.346 e. The van der Waals surface area contributed by atoms with Crippen LogP contribution < -0.4 is 5.32 Å². The number of rotatable bonds is 5. The Balaban J connectivity index is 2.75. The van der Waals surface area contributed by atoms with Crippen molar-refractivity contribution in [2.75, 3.05) is 0 Å². The molecule has 0 fully saturated rings. The molecule has 0 saturated carbocycles. The molecule has 1 aromatic carbocycles. The summed E-state index contributed by atoms with van der Waals surface area (Å²) in [5.41, 5.74) is 1.81. The van der Waals surface area contributed by atoms with Gasteiger partial charge in [-0.25, -0.2) is 0 Å². The van der Waals surface area contributed by atoms with Crippen LogP contribution in [0.4, 0.5) is 0 Å². The first kappa shape index (κ1) is 13.2. The van der Waals surface area contributed by atoms with Crippen molar-refractivity contribution in [2.45, 2.75) is 26.3 Å². The van der Waals surface area contributed by atoms with Crippen molar-refractivity contribution in [1.29, 1.82) is 0 Å². The smallest absolute Gasteiger partial charge is 0.247 e. The van der Waals surface area contributed by atoms with Gasteiger partial charge in [-0.05, 0) is 18.9 Å². The number of carbonyl (C=O) groups excluding carboxylic acids is 1. The molecule has 1 unspecified atom stereocenters. The molecule has 1 aromatic rings. The molecule has 0 heterocycles. The molecule has 1 rings (SSSR count). The second-order valence-corrected chi connectivity index (χ2v) is 3.93. The summed E-state index contributed by atoms with van der Waals surface area (Å²) >= 11 is 0. The number of nitrogens with one attached hydrogen (secondary N) is 1. The number of amides is 1. The van der Waals surface area contributed by atoms with Crippen LogP contribution in [-0.2, 0) is 4.79 Å². The summed E-state index contributed by atoms with van der Waals surface area (Å²) in [7, 11) is 0. The van der Waals surface area contributed by atoms with Crippen molar-refractivity contribution in [3.05, 3.63) is 60.2 Å². The van der Waals surface area contributed by atoms with Crippen molar-refractivity contribution in [2.24, 2.45) is 0 Å². The Morgan fingerprint density at radius 2 is 2.06 bits per heavy atom. The van der Waals surface area contributed by atoms with E-state index in [0.717, 1.165) is 12.0 Å². The fraction of sp³-hybridized carbons (Fsp3) is 0.267. The van der Waals surface area contributed by atoms with Crippen LogP contribution in [0.2, 0.25) is 0 Å². The van der Waals surface area contributed by atoms with Gasteiger partial charge in [0.15, 0.2) is 0 Å². The molecule has 0 aromatic heterocycles. The average molecular weight is 229 g/mol. The Kier molecular flexibility index (Phi) is 5.21. The third-order valence-corrected chi connectivity index (χ3v) is 2.64. The lowest BCUT2D eigenvalue weighted by atomic mass is 10.0. The monoisotopic (exact) mass is 229 g/mol. The highest BCUT2D eigenvalue weighted by molar-refractivity contribution is 5.93. The molecular formula is C15H19NO. The van der Waals surface area contributed by atoms with E-state index < -0.39 is 0 Å². The topological polar surface area (TPSA) is 29.1 Å². The fourth-order valence-electron chi connectivity index (χ4n) is 1.63. The van der Waals surface area contributed by atoms with Gasteiger partial charge in [0.1, 0.15) is 0 Å². The molecule has 1 amide bonds. The maximum Gasteiger partial charge on any atom is 0.247 e. The second-order valence-electron chi connectivity index (χ2n) is 3.93. The first-order valence-corrected chi connectivity index (χ1v) is 5.84. The van der Waals surface area contributed by atoms with Crippen molar-refractivity contribution >= 4 is 5.91 Å². The minimum atomic E-state index is -0.0411. The van der Waals surface area contributed by atoms with Gasteiger partial charge in [0.05, 0.1) is 6.04 Å². The van der Waals surface area contributed by atoms with Gasteiger partial charge in [0.25, 0.3) is 0 Å². The van der Waals surface area contributed by atoms with Crippen molar-refractivity contribution in [3.8, 4) is 0 Å². The molecule has 0 aliphatic carbocycles. The summed E-state index contributed by atoms with van der Waals surface area (Å²) in [4.78, 5) is 11.8. The highest BCUT2D eigenvalue weighted by atomic mass is 16.1. The minimum absolute atomic E-state index is 0.0411. The van der Waals surface area contributed by atoms with Crippen LogP contribution in [0.1, 0.15) is 31.9 Å². The third kappa shape index (κ3) is 3.91. The Hall–Kier alpha value is -1.83. The number of carbonyl (C=O) groups is 1. The molecule has 2 nitrogen and oxygen atoms in total. The van der Waals surface area contributed by atoms with E-state index in [-0.39, 0.29) is 11.9 Å². The van der Waals surface area contributed by atoms with Crippen LogP contribution in [0.15, 0.2) is 54.6 Å². The quantitative estimate of drug-likeness (QED) is 0.608. The first-order valence-electron chi connectivity index (χ1n) is 5.84. The molecule has 0 radical (unpaired) electrons. The van der Waals surface area contributed by atoms with Gasteiger partial charge in [-0.3, -0.25) is 4.79 Å². The van der Waals surface area contributed by atoms with E-state index in [1.165, 1.54) is 0 Å². The molecule has 90 valence electrons. The summed E-state index contributed by atoms with van der Waals surface area (Å²) in [6.45, 7) is 7.43. The van der Waals surface area contributed by atoms with Gasteiger partial charge < -0.3 is 5.32 Å². The lowest BCUT2D eigenvalue weighted by Crippen LogP contribution is -2.28. The van der Waals surface area contributed by atoms with E-state index >= 15 is 0 Å². The number of benzene rings is 1. The number of hydrogen-bond acceptors (Lipinski definition) is 1. The van der Waals surface area contributed by atoms with E-state index in [2.05, 4.69) is 18.8 Å². The van der Waals surface area contributed by atoms with E-state index in [1.54, 1.807) is 19.1 Å². The zero-order valence-corrected chi connectivity index (χ0v) is 10.4. The van der Waals surface area contributed by atoms with Crippen LogP contribution >= 0.6 is 0 Å². The average Bonchev–Trinajstić information content (AvgIpc) is 2.37. The molecule has 0 bridgehead atoms. The highest BCUT2D eigenvalue weighted by Gasteiger charge is 2.12. The lowest BCUT2D eigenvalue weighted by molar-refractivity contribution is -0.118. The molecule has 0 aliphatic rings. The summed E-state index contributed by atoms with van der Waals surface area (Å²) in [5, 5.41) is 3.01. The maximum absolute atomic E-state index is 11.8. The molecule has 0 aliphatic heterocycles. The van der Waals surface area contributed by atoms with E-state index in [4.69, 9.17) is 0 Å². The summed E-state index contributed by atoms with van der Waals surface area (Å²) in [6.07, 6.45) is 4.21. The fourth-order valence-corrected chi connectivity index (χ4v) is 1.63. The molecule has 0 spiro atoms. The van der Waals surface area contributed by atoms with Crippen LogP contribution in [0.3, 0.4) is 0 Å². The normalized spacial score (nSPS) is 12.9. The summed E-state index contributed by atoms with van der Waals surface area (Å²) in [5.74, 6) is -0.0411. The van der Waals surface area contributed by atoms with Crippen molar-refractivity contribution in [1.82, 2.24) is 5.32 Å². The molecule has 1 N–H and O–H groups in total. The Morgan fingerprint density at radius 3 is 2.59 bits per heavy atom. The van der Waals surface area contributed by atoms with Gasteiger partial charge >= 0.3 is 0 Å². The zero-order chi connectivity index (χ0) is 12.7. The van der Waals surface area contributed by atoms with Crippen LogP contribution in [0, 0.1) is 0 Å². The lowest BCUT2D eigenvalue weighted by Gasteiger charge is -2.17. The SMILES string of the molecule is C=CC=C(C)C(=O)NC(CC)c1ccccc1. The van der Waals surface area contributed by atoms with Crippen molar-refractivity contribution < 1.29 is 4.79 Å². The highest BCUT2D eigenvalue weighted by Crippen LogP contribution is 2.16. The molecule has 1 atom stereocenters. The number of allylic oxidation sites excluding steroid dienone is 2.